The molecular formula is C23H20N2O2S. The number of aromatic carboxylic acids is 1. The molecule has 28 heavy (non-hydrogen) atoms. The van der Waals surface area contributed by atoms with Crippen molar-refractivity contribution in [3.8, 4) is 0 Å². The zero-order valence-electron chi connectivity index (χ0n) is 15.5. The molecule has 3 aromatic carbocycles. The monoisotopic (exact) mass is 388 g/mol. The van der Waals surface area contributed by atoms with Gasteiger partial charge in [0.1, 0.15) is 0 Å². The third kappa shape index (κ3) is 3.75. The fourth-order valence-corrected chi connectivity index (χ4v) is 4.21. The van der Waals surface area contributed by atoms with Crippen molar-refractivity contribution in [3.05, 3.63) is 99.3 Å². The van der Waals surface area contributed by atoms with E-state index in [0.29, 0.717) is 12.1 Å². The number of hydrogen-bond donors (Lipinski definition) is 1. The van der Waals surface area contributed by atoms with Gasteiger partial charge in [-0.15, -0.1) is 11.3 Å². The lowest BCUT2D eigenvalue weighted by Crippen LogP contribution is -2.15. The number of carboxylic acids is 1. The van der Waals surface area contributed by atoms with E-state index in [0.717, 1.165) is 16.9 Å². The molecule has 4 rings (SSSR count). The number of benzene rings is 3. The minimum Gasteiger partial charge on any atom is -0.478 e. The van der Waals surface area contributed by atoms with E-state index in [1.807, 2.05) is 12.1 Å². The highest BCUT2D eigenvalue weighted by atomic mass is 32.1. The number of nitrogens with zero attached hydrogens (tertiary/aromatic N) is 2. The summed E-state index contributed by atoms with van der Waals surface area (Å²) in [5, 5.41) is 11.8. The van der Waals surface area contributed by atoms with Gasteiger partial charge in [-0.1, -0.05) is 60.7 Å². The fourth-order valence-electron chi connectivity index (χ4n) is 3.37. The summed E-state index contributed by atoms with van der Waals surface area (Å²) in [7, 11) is 0. The summed E-state index contributed by atoms with van der Waals surface area (Å²) >= 11 is 1.62. The third-order valence-electron chi connectivity index (χ3n) is 4.69. The molecule has 0 radical (unpaired) electrons. The van der Waals surface area contributed by atoms with Crippen LogP contribution in [0.4, 0.5) is 0 Å². The number of carbonyl (C=O) groups is 1. The van der Waals surface area contributed by atoms with Crippen molar-refractivity contribution < 1.29 is 9.90 Å². The van der Waals surface area contributed by atoms with Crippen LogP contribution < -0.4 is 4.80 Å². The highest BCUT2D eigenvalue weighted by molar-refractivity contribution is 7.09. The highest BCUT2D eigenvalue weighted by Gasteiger charge is 2.09. The van der Waals surface area contributed by atoms with Crippen molar-refractivity contribution in [3.63, 3.8) is 0 Å². The Labute approximate surface area is 167 Å². The lowest BCUT2D eigenvalue weighted by Gasteiger charge is -2.08. The summed E-state index contributed by atoms with van der Waals surface area (Å²) in [5.74, 6) is -0.920. The molecule has 0 aliphatic rings. The molecule has 0 fully saturated rings. The van der Waals surface area contributed by atoms with Crippen LogP contribution in [0.3, 0.4) is 0 Å². The first kappa shape index (κ1) is 18.2. The van der Waals surface area contributed by atoms with E-state index in [1.165, 1.54) is 21.2 Å². The van der Waals surface area contributed by atoms with E-state index < -0.39 is 5.97 Å². The summed E-state index contributed by atoms with van der Waals surface area (Å²) in [6.07, 6.45) is 2.11. The molecule has 140 valence electrons. The van der Waals surface area contributed by atoms with E-state index in [2.05, 4.69) is 60.2 Å². The zero-order chi connectivity index (χ0) is 19.5. The highest BCUT2D eigenvalue weighted by Crippen LogP contribution is 2.19. The lowest BCUT2D eigenvalue weighted by molar-refractivity contribution is 0.0695. The van der Waals surface area contributed by atoms with Crippen molar-refractivity contribution >= 4 is 28.1 Å². The predicted octanol–water partition coefficient (Wildman–Crippen LogP) is 4.86. The minimum atomic E-state index is -0.920. The third-order valence-corrected chi connectivity index (χ3v) is 5.66. The van der Waals surface area contributed by atoms with E-state index in [4.69, 9.17) is 4.99 Å². The number of hydrogen-bond acceptors (Lipinski definition) is 3. The van der Waals surface area contributed by atoms with Crippen LogP contribution in [-0.4, -0.2) is 15.6 Å². The Bertz CT molecular complexity index is 1220. The second-order valence-electron chi connectivity index (χ2n) is 6.67. The van der Waals surface area contributed by atoms with Gasteiger partial charge in [0, 0.05) is 11.1 Å². The number of aromatic nitrogens is 1. The van der Waals surface area contributed by atoms with Crippen molar-refractivity contribution in [1.82, 2.24) is 4.57 Å². The fraction of sp³-hybridized carbons (Fsp3) is 0.130. The van der Waals surface area contributed by atoms with E-state index in [9.17, 15) is 9.90 Å². The Morgan fingerprint density at radius 1 is 1.00 bits per heavy atom. The van der Waals surface area contributed by atoms with Gasteiger partial charge in [-0.05, 0) is 34.9 Å². The molecule has 0 atom stereocenters. The Morgan fingerprint density at radius 3 is 2.57 bits per heavy atom. The maximum absolute atomic E-state index is 11.4. The van der Waals surface area contributed by atoms with Gasteiger partial charge in [0.2, 0.25) is 0 Å². The van der Waals surface area contributed by atoms with Crippen molar-refractivity contribution in [2.75, 3.05) is 0 Å². The molecular weight excluding hydrogens is 368 g/mol. The maximum Gasteiger partial charge on any atom is 0.336 e. The zero-order valence-corrected chi connectivity index (χ0v) is 16.3. The second kappa shape index (κ2) is 7.82. The topological polar surface area (TPSA) is 54.6 Å². The summed E-state index contributed by atoms with van der Waals surface area (Å²) in [4.78, 5) is 18.2. The van der Waals surface area contributed by atoms with Crippen LogP contribution in [0.1, 0.15) is 26.4 Å². The average molecular weight is 388 g/mol. The molecule has 1 aromatic heterocycles. The number of aryl methyl sites for hydroxylation is 1. The Kier molecular flexibility index (Phi) is 5.08. The first-order valence-electron chi connectivity index (χ1n) is 9.07. The molecule has 1 N–H and O–H groups in total. The number of fused-ring (bicyclic) bond motifs is 1. The molecule has 5 heteroatoms. The maximum atomic E-state index is 11.4. The Morgan fingerprint density at radius 2 is 1.71 bits per heavy atom. The first-order chi connectivity index (χ1) is 13.6. The number of thiazole rings is 1. The standard InChI is InChI=1S/C23H20N2O2S/c1-16-14-25(15-19-10-6-9-17-7-2-4-11-20(17)19)23(28-16)24-13-18-8-3-5-12-21(18)22(26)27/h2-12,14H,13,15H2,1H3,(H,26,27)/b24-23-. The molecule has 1 heterocycles. The first-order valence-corrected chi connectivity index (χ1v) is 9.88. The number of carboxylic acid groups (broad SMARTS) is 1. The van der Waals surface area contributed by atoms with E-state index in [1.54, 1.807) is 23.5 Å². The van der Waals surface area contributed by atoms with Gasteiger partial charge in [-0.2, -0.15) is 0 Å². The molecule has 0 spiro atoms. The van der Waals surface area contributed by atoms with Crippen molar-refractivity contribution in [1.29, 1.82) is 0 Å². The molecule has 4 aromatic rings. The normalized spacial score (nSPS) is 11.8. The summed E-state index contributed by atoms with van der Waals surface area (Å²) in [6.45, 7) is 3.14. The van der Waals surface area contributed by atoms with Crippen LogP contribution >= 0.6 is 11.3 Å². The largest absolute Gasteiger partial charge is 0.478 e. The van der Waals surface area contributed by atoms with Gasteiger partial charge in [-0.25, -0.2) is 4.79 Å². The van der Waals surface area contributed by atoms with Crippen LogP contribution in [-0.2, 0) is 13.1 Å². The molecule has 0 amide bonds. The van der Waals surface area contributed by atoms with Gasteiger partial charge in [0.05, 0.1) is 18.7 Å². The molecule has 0 saturated carbocycles. The van der Waals surface area contributed by atoms with Crippen LogP contribution in [0.5, 0.6) is 0 Å². The average Bonchev–Trinajstić information content (AvgIpc) is 3.06. The molecule has 0 bridgehead atoms. The summed E-state index contributed by atoms with van der Waals surface area (Å²) in [6, 6.07) is 21.8. The van der Waals surface area contributed by atoms with Gasteiger partial charge in [-0.3, -0.25) is 4.99 Å². The Hall–Kier alpha value is -3.18. The molecule has 0 unspecified atom stereocenters. The number of rotatable bonds is 5. The van der Waals surface area contributed by atoms with Gasteiger partial charge < -0.3 is 9.67 Å². The SMILES string of the molecule is Cc1cn(Cc2cccc3ccccc23)/c(=N/Cc2ccccc2C(=O)O)s1. The van der Waals surface area contributed by atoms with Crippen LogP contribution in [0.15, 0.2) is 77.9 Å². The smallest absolute Gasteiger partial charge is 0.336 e. The molecule has 0 aliphatic heterocycles. The summed E-state index contributed by atoms with van der Waals surface area (Å²) in [5.41, 5.74) is 2.26. The van der Waals surface area contributed by atoms with Crippen LogP contribution in [0, 0.1) is 6.92 Å². The molecule has 0 aliphatic carbocycles. The Balaban J connectivity index is 1.70. The van der Waals surface area contributed by atoms with Gasteiger partial charge in [0.25, 0.3) is 0 Å². The van der Waals surface area contributed by atoms with Gasteiger partial charge in [0.15, 0.2) is 4.80 Å². The predicted molar refractivity (Wildman–Crippen MR) is 113 cm³/mol. The van der Waals surface area contributed by atoms with Crippen molar-refractivity contribution in [2.45, 2.75) is 20.0 Å². The van der Waals surface area contributed by atoms with Crippen LogP contribution in [0.2, 0.25) is 0 Å². The van der Waals surface area contributed by atoms with Gasteiger partial charge >= 0.3 is 5.97 Å². The summed E-state index contributed by atoms with van der Waals surface area (Å²) < 4.78 is 2.14. The molecule has 0 saturated heterocycles. The van der Waals surface area contributed by atoms with Crippen molar-refractivity contribution in [2.24, 2.45) is 4.99 Å². The lowest BCUT2D eigenvalue weighted by atomic mass is 10.0. The van der Waals surface area contributed by atoms with E-state index >= 15 is 0 Å². The minimum absolute atomic E-state index is 0.306. The second-order valence-corrected chi connectivity index (χ2v) is 7.88. The van der Waals surface area contributed by atoms with Crippen LogP contribution in [0.25, 0.3) is 10.8 Å². The quantitative estimate of drug-likeness (QED) is 0.531. The molecule has 4 nitrogen and oxygen atoms in total. The van der Waals surface area contributed by atoms with E-state index in [-0.39, 0.29) is 0 Å².